The van der Waals surface area contributed by atoms with E-state index in [2.05, 4.69) is 15.5 Å². The number of alkyl halides is 3. The Morgan fingerprint density at radius 1 is 1.15 bits per heavy atom. The molecule has 1 unspecified atom stereocenters. The van der Waals surface area contributed by atoms with Gasteiger partial charge in [0.1, 0.15) is 0 Å². The molecule has 1 aliphatic heterocycles. The molecule has 0 saturated carbocycles. The molecule has 1 aliphatic rings. The molecule has 0 amide bonds. The molecule has 1 aromatic heterocycles. The molecule has 2 heterocycles. The number of hydrogen-bond donors (Lipinski definition) is 1. The van der Waals surface area contributed by atoms with Crippen LogP contribution in [0.1, 0.15) is 23.3 Å². The second-order valence-corrected chi connectivity index (χ2v) is 4.33. The van der Waals surface area contributed by atoms with Gasteiger partial charge in [-0.15, -0.1) is 22.6 Å². The lowest BCUT2D eigenvalue weighted by atomic mass is 10.1. The monoisotopic (exact) mass is 304 g/mol. The first-order valence-electron chi connectivity index (χ1n) is 5.86. The Hall–Kier alpha value is -1.60. The number of nitrogens with one attached hydrogen (secondary N) is 1. The van der Waals surface area contributed by atoms with Crippen molar-refractivity contribution in [1.29, 1.82) is 0 Å². The minimum absolute atomic E-state index is 0. The van der Waals surface area contributed by atoms with Crippen LogP contribution in [-0.2, 0) is 12.7 Å². The number of nitrogens with zero attached hydrogens (tertiary/aromatic N) is 3. The summed E-state index contributed by atoms with van der Waals surface area (Å²) in [5, 5.41) is 10.2. The Labute approximate surface area is 119 Å². The van der Waals surface area contributed by atoms with Gasteiger partial charge in [0.05, 0.1) is 6.04 Å². The number of fused-ring (bicyclic) bond motifs is 1. The van der Waals surface area contributed by atoms with Crippen molar-refractivity contribution >= 4 is 12.4 Å². The van der Waals surface area contributed by atoms with Crippen molar-refractivity contribution in [3.05, 3.63) is 47.5 Å². The zero-order valence-corrected chi connectivity index (χ0v) is 11.1. The first kappa shape index (κ1) is 14.8. The summed E-state index contributed by atoms with van der Waals surface area (Å²) in [5.74, 6) is -0.616. The first-order valence-corrected chi connectivity index (χ1v) is 5.86. The molecule has 2 aromatic rings. The number of benzene rings is 1. The third kappa shape index (κ3) is 2.51. The highest BCUT2D eigenvalue weighted by Gasteiger charge is 2.40. The van der Waals surface area contributed by atoms with Gasteiger partial charge in [-0.2, -0.15) is 13.2 Å². The van der Waals surface area contributed by atoms with E-state index in [-0.39, 0.29) is 25.0 Å². The summed E-state index contributed by atoms with van der Waals surface area (Å²) < 4.78 is 39.5. The van der Waals surface area contributed by atoms with Crippen LogP contribution >= 0.6 is 12.4 Å². The maximum Gasteiger partial charge on any atom is 0.451 e. The molecule has 3 rings (SSSR count). The Balaban J connectivity index is 0.00000147. The molecular formula is C12H12ClF3N4. The van der Waals surface area contributed by atoms with Crippen molar-refractivity contribution in [2.75, 3.05) is 6.54 Å². The van der Waals surface area contributed by atoms with Crippen molar-refractivity contribution in [3.8, 4) is 0 Å². The average Bonchev–Trinajstić information content (AvgIpc) is 2.83. The standard InChI is InChI=1S/C12H11F3N4.ClH/c13-12(14,15)11-18-17-10-9(16-6-7-19(10)11)8-4-2-1-3-5-8;/h1-5,9,16H,6-7H2;1H. The summed E-state index contributed by atoms with van der Waals surface area (Å²) in [7, 11) is 0. The van der Waals surface area contributed by atoms with Gasteiger partial charge in [0.25, 0.3) is 0 Å². The summed E-state index contributed by atoms with van der Waals surface area (Å²) in [6.07, 6.45) is -4.47. The molecule has 0 radical (unpaired) electrons. The molecule has 0 bridgehead atoms. The zero-order valence-electron chi connectivity index (χ0n) is 10.3. The molecule has 20 heavy (non-hydrogen) atoms. The molecule has 1 atom stereocenters. The van der Waals surface area contributed by atoms with Crippen LogP contribution < -0.4 is 5.32 Å². The molecule has 1 aromatic carbocycles. The van der Waals surface area contributed by atoms with E-state index in [4.69, 9.17) is 0 Å². The molecule has 1 N–H and O–H groups in total. The maximum absolute atomic E-state index is 12.8. The Morgan fingerprint density at radius 3 is 2.50 bits per heavy atom. The van der Waals surface area contributed by atoms with Crippen LogP contribution in [-0.4, -0.2) is 21.3 Å². The van der Waals surface area contributed by atoms with Gasteiger partial charge in [-0.05, 0) is 5.56 Å². The number of hydrogen-bond acceptors (Lipinski definition) is 3. The van der Waals surface area contributed by atoms with Crippen LogP contribution in [0.25, 0.3) is 0 Å². The predicted molar refractivity (Wildman–Crippen MR) is 68.6 cm³/mol. The van der Waals surface area contributed by atoms with E-state index in [0.29, 0.717) is 12.4 Å². The van der Waals surface area contributed by atoms with Gasteiger partial charge in [-0.3, -0.25) is 0 Å². The summed E-state index contributed by atoms with van der Waals surface area (Å²) in [6.45, 7) is 0.675. The lowest BCUT2D eigenvalue weighted by molar-refractivity contribution is -0.147. The van der Waals surface area contributed by atoms with Gasteiger partial charge in [-0.25, -0.2) is 0 Å². The number of aromatic nitrogens is 3. The van der Waals surface area contributed by atoms with Crippen molar-refractivity contribution in [2.24, 2.45) is 0 Å². The lowest BCUT2D eigenvalue weighted by Gasteiger charge is -2.25. The zero-order chi connectivity index (χ0) is 13.5. The third-order valence-electron chi connectivity index (χ3n) is 3.11. The first-order chi connectivity index (χ1) is 9.07. The Morgan fingerprint density at radius 2 is 1.85 bits per heavy atom. The van der Waals surface area contributed by atoms with Gasteiger partial charge >= 0.3 is 6.18 Å². The minimum atomic E-state index is -4.47. The molecule has 0 aliphatic carbocycles. The normalized spacial score (nSPS) is 18.2. The van der Waals surface area contributed by atoms with E-state index >= 15 is 0 Å². The molecule has 4 nitrogen and oxygen atoms in total. The number of halogens is 4. The minimum Gasteiger partial charge on any atom is -0.304 e. The summed E-state index contributed by atoms with van der Waals surface area (Å²) in [5.41, 5.74) is 0.879. The molecule has 0 spiro atoms. The second kappa shape index (κ2) is 5.41. The Bertz CT molecular complexity index is 582. The predicted octanol–water partition coefficient (Wildman–Crippen LogP) is 2.41. The maximum atomic E-state index is 12.8. The van der Waals surface area contributed by atoms with Crippen molar-refractivity contribution in [2.45, 2.75) is 18.8 Å². The highest BCUT2D eigenvalue weighted by molar-refractivity contribution is 5.85. The van der Waals surface area contributed by atoms with Gasteiger partial charge in [0.15, 0.2) is 5.82 Å². The fraction of sp³-hybridized carbons (Fsp3) is 0.333. The Kier molecular flexibility index (Phi) is 4.01. The topological polar surface area (TPSA) is 42.7 Å². The van der Waals surface area contributed by atoms with E-state index in [1.165, 1.54) is 0 Å². The highest BCUT2D eigenvalue weighted by atomic mass is 35.5. The van der Waals surface area contributed by atoms with Crippen molar-refractivity contribution < 1.29 is 13.2 Å². The largest absolute Gasteiger partial charge is 0.451 e. The van der Waals surface area contributed by atoms with E-state index in [0.717, 1.165) is 10.1 Å². The molecule has 0 saturated heterocycles. The van der Waals surface area contributed by atoms with E-state index in [1.54, 1.807) is 0 Å². The smallest absolute Gasteiger partial charge is 0.304 e. The summed E-state index contributed by atoms with van der Waals surface area (Å²) >= 11 is 0. The lowest BCUT2D eigenvalue weighted by Crippen LogP contribution is -2.35. The fourth-order valence-corrected chi connectivity index (χ4v) is 2.28. The average molecular weight is 305 g/mol. The third-order valence-corrected chi connectivity index (χ3v) is 3.11. The van der Waals surface area contributed by atoms with Crippen LogP contribution in [0.4, 0.5) is 13.2 Å². The van der Waals surface area contributed by atoms with Gasteiger partial charge < -0.3 is 9.88 Å². The highest BCUT2D eigenvalue weighted by Crippen LogP contribution is 2.31. The van der Waals surface area contributed by atoms with E-state index in [1.807, 2.05) is 30.3 Å². The van der Waals surface area contributed by atoms with Crippen molar-refractivity contribution in [3.63, 3.8) is 0 Å². The summed E-state index contributed by atoms with van der Waals surface area (Å²) in [6, 6.07) is 8.91. The summed E-state index contributed by atoms with van der Waals surface area (Å²) in [4.78, 5) is 0. The molecule has 0 fully saturated rings. The van der Waals surface area contributed by atoms with Gasteiger partial charge in [-0.1, -0.05) is 30.3 Å². The van der Waals surface area contributed by atoms with Crippen LogP contribution in [0.2, 0.25) is 0 Å². The van der Waals surface area contributed by atoms with E-state index in [9.17, 15) is 13.2 Å². The fourth-order valence-electron chi connectivity index (χ4n) is 2.28. The van der Waals surface area contributed by atoms with Gasteiger partial charge in [0, 0.05) is 13.1 Å². The van der Waals surface area contributed by atoms with Crippen LogP contribution in [0.15, 0.2) is 30.3 Å². The van der Waals surface area contributed by atoms with Crippen LogP contribution in [0.3, 0.4) is 0 Å². The molecular weight excluding hydrogens is 293 g/mol. The second-order valence-electron chi connectivity index (χ2n) is 4.33. The van der Waals surface area contributed by atoms with Crippen LogP contribution in [0, 0.1) is 0 Å². The van der Waals surface area contributed by atoms with Gasteiger partial charge in [0.2, 0.25) is 5.82 Å². The van der Waals surface area contributed by atoms with Crippen LogP contribution in [0.5, 0.6) is 0 Å². The number of rotatable bonds is 1. The molecule has 108 valence electrons. The van der Waals surface area contributed by atoms with E-state index < -0.39 is 12.0 Å². The van der Waals surface area contributed by atoms with Crippen molar-refractivity contribution in [1.82, 2.24) is 20.1 Å². The molecule has 8 heteroatoms. The quantitative estimate of drug-likeness (QED) is 0.880. The SMILES string of the molecule is Cl.FC(F)(F)c1nnc2n1CCNC2c1ccccc1.